The molecule has 1 heterocycles. The van der Waals surface area contributed by atoms with Crippen LogP contribution in [0.25, 0.3) is 0 Å². The number of carbonyl (C=O) groups is 3. The number of para-hydroxylation sites is 1. The number of benzene rings is 4. The fraction of sp³-hybridized carbons (Fsp3) is 0.184. The summed E-state index contributed by atoms with van der Waals surface area (Å²) in [5.74, 6) is -0.438. The van der Waals surface area contributed by atoms with E-state index in [1.807, 2.05) is 83.1 Å². The quantitative estimate of drug-likeness (QED) is 0.0888. The van der Waals surface area contributed by atoms with Crippen LogP contribution in [-0.4, -0.2) is 46.9 Å². The Labute approximate surface area is 273 Å². The van der Waals surface area contributed by atoms with E-state index < -0.39 is 12.0 Å². The molecule has 0 spiro atoms. The van der Waals surface area contributed by atoms with Crippen LogP contribution in [-0.2, 0) is 29.0 Å². The van der Waals surface area contributed by atoms with Crippen molar-refractivity contribution in [2.75, 3.05) is 18.5 Å². The fourth-order valence-corrected chi connectivity index (χ4v) is 5.81. The molecule has 0 aliphatic carbocycles. The van der Waals surface area contributed by atoms with Crippen molar-refractivity contribution in [3.63, 3.8) is 0 Å². The first kappa shape index (κ1) is 32.2. The maximum Gasteiger partial charge on any atom is 0.326 e. The summed E-state index contributed by atoms with van der Waals surface area (Å²) in [7, 11) is 0. The first-order valence-electron chi connectivity index (χ1n) is 15.2. The van der Waals surface area contributed by atoms with Gasteiger partial charge in [-0.15, -0.1) is 11.3 Å². The molecule has 0 radical (unpaired) electrons. The van der Waals surface area contributed by atoms with Gasteiger partial charge in [-0.3, -0.25) is 9.59 Å². The van der Waals surface area contributed by atoms with E-state index in [0.717, 1.165) is 16.0 Å². The maximum atomic E-state index is 13.1. The monoisotopic (exact) mass is 632 g/mol. The van der Waals surface area contributed by atoms with Crippen LogP contribution in [0.1, 0.15) is 38.3 Å². The Hall–Kier alpha value is -5.21. The number of hydrogen-bond acceptors (Lipinski definition) is 6. The van der Waals surface area contributed by atoms with Gasteiger partial charge in [-0.2, -0.15) is 0 Å². The van der Waals surface area contributed by atoms with Crippen molar-refractivity contribution in [3.05, 3.63) is 154 Å². The molecule has 5 rings (SSSR count). The van der Waals surface area contributed by atoms with Gasteiger partial charge in [0.2, 0.25) is 5.91 Å². The topological polar surface area (TPSA) is 95.9 Å². The lowest BCUT2D eigenvalue weighted by atomic mass is 10.00. The lowest BCUT2D eigenvalue weighted by Crippen LogP contribution is -2.33. The average molecular weight is 633 g/mol. The van der Waals surface area contributed by atoms with E-state index in [0.29, 0.717) is 55.1 Å². The van der Waals surface area contributed by atoms with Gasteiger partial charge >= 0.3 is 5.97 Å². The van der Waals surface area contributed by atoms with Gasteiger partial charge < -0.3 is 20.1 Å². The Morgan fingerprint density at radius 3 is 2.17 bits per heavy atom. The van der Waals surface area contributed by atoms with Gasteiger partial charge in [0.05, 0.1) is 13.0 Å². The number of amides is 1. The van der Waals surface area contributed by atoms with Crippen molar-refractivity contribution in [2.45, 2.75) is 31.8 Å². The van der Waals surface area contributed by atoms with Gasteiger partial charge in [0.15, 0.2) is 5.78 Å². The van der Waals surface area contributed by atoms with Crippen LogP contribution in [0.15, 0.2) is 127 Å². The number of hydrogen-bond donors (Lipinski definition) is 2. The third-order valence-corrected chi connectivity index (χ3v) is 8.39. The number of rotatable bonds is 16. The van der Waals surface area contributed by atoms with Gasteiger partial charge in [-0.25, -0.2) is 4.79 Å². The zero-order valence-electron chi connectivity index (χ0n) is 25.4. The molecule has 0 aliphatic rings. The Balaban J connectivity index is 1.15. The molecule has 0 saturated carbocycles. The van der Waals surface area contributed by atoms with Gasteiger partial charge in [0.25, 0.3) is 0 Å². The average Bonchev–Trinajstić information content (AvgIpc) is 3.60. The fourth-order valence-electron chi connectivity index (χ4n) is 5.11. The molecule has 46 heavy (non-hydrogen) atoms. The first-order valence-corrected chi connectivity index (χ1v) is 16.1. The van der Waals surface area contributed by atoms with Crippen LogP contribution in [0.5, 0.6) is 5.75 Å². The number of ketones is 1. The summed E-state index contributed by atoms with van der Waals surface area (Å²) < 4.78 is 5.97. The standard InChI is InChI=1S/C38H36N2O5S/c41-36(26-32-15-9-24-46-32)40(27-29-11-3-1-4-12-29)22-10-23-45-31-20-18-28(19-21-31)25-35(38(43)44)39-34-17-8-7-16-33(34)37(42)30-13-5-2-6-14-30/h1-9,11-21,24,35,39H,10,22-23,25-27H2,(H,43,44)/t35-/m0/s1. The predicted molar refractivity (Wildman–Crippen MR) is 182 cm³/mol. The van der Waals surface area contributed by atoms with Crippen molar-refractivity contribution in [1.82, 2.24) is 4.90 Å². The van der Waals surface area contributed by atoms with E-state index in [4.69, 9.17) is 4.74 Å². The lowest BCUT2D eigenvalue weighted by molar-refractivity contribution is -0.138. The summed E-state index contributed by atoms with van der Waals surface area (Å²) in [5, 5.41) is 15.0. The predicted octanol–water partition coefficient (Wildman–Crippen LogP) is 7.13. The number of nitrogens with zero attached hydrogens (tertiary/aromatic N) is 1. The minimum absolute atomic E-state index is 0.0873. The van der Waals surface area contributed by atoms with Crippen molar-refractivity contribution in [1.29, 1.82) is 0 Å². The molecule has 234 valence electrons. The Bertz CT molecular complexity index is 1710. The molecule has 1 aromatic heterocycles. The van der Waals surface area contributed by atoms with Crippen LogP contribution in [0.3, 0.4) is 0 Å². The van der Waals surface area contributed by atoms with Crippen molar-refractivity contribution >= 4 is 34.7 Å². The number of carboxylic acid groups (broad SMARTS) is 1. The van der Waals surface area contributed by atoms with Gasteiger partial charge in [-0.1, -0.05) is 91.0 Å². The van der Waals surface area contributed by atoms with Crippen LogP contribution in [0, 0.1) is 0 Å². The molecule has 0 aliphatic heterocycles. The molecule has 4 aromatic carbocycles. The van der Waals surface area contributed by atoms with Gasteiger partial charge in [0, 0.05) is 41.2 Å². The van der Waals surface area contributed by atoms with E-state index in [1.165, 1.54) is 0 Å². The van der Waals surface area contributed by atoms with E-state index in [-0.39, 0.29) is 18.1 Å². The molecule has 5 aromatic rings. The van der Waals surface area contributed by atoms with E-state index in [9.17, 15) is 19.5 Å². The van der Waals surface area contributed by atoms with Crippen LogP contribution in [0.2, 0.25) is 0 Å². The normalized spacial score (nSPS) is 11.4. The number of nitrogens with one attached hydrogen (secondary N) is 1. The summed E-state index contributed by atoms with van der Waals surface area (Å²) in [6.45, 7) is 1.54. The highest BCUT2D eigenvalue weighted by Gasteiger charge is 2.21. The Morgan fingerprint density at radius 1 is 0.783 bits per heavy atom. The number of aliphatic carboxylic acids is 1. The molecule has 2 N–H and O–H groups in total. The molecule has 7 nitrogen and oxygen atoms in total. The minimum atomic E-state index is -1.02. The molecule has 0 unspecified atom stereocenters. The molecular weight excluding hydrogens is 596 g/mol. The molecular formula is C38H36N2O5S. The van der Waals surface area contributed by atoms with Crippen molar-refractivity contribution in [2.24, 2.45) is 0 Å². The second-order valence-corrected chi connectivity index (χ2v) is 11.9. The number of ether oxygens (including phenoxy) is 1. The minimum Gasteiger partial charge on any atom is -0.494 e. The zero-order chi connectivity index (χ0) is 32.1. The lowest BCUT2D eigenvalue weighted by Gasteiger charge is -2.23. The molecule has 1 amide bonds. The van der Waals surface area contributed by atoms with E-state index >= 15 is 0 Å². The summed E-state index contributed by atoms with van der Waals surface area (Å²) in [6, 6.07) is 36.2. The van der Waals surface area contributed by atoms with Crippen LogP contribution in [0.4, 0.5) is 5.69 Å². The van der Waals surface area contributed by atoms with Crippen molar-refractivity contribution in [3.8, 4) is 5.75 Å². The largest absolute Gasteiger partial charge is 0.494 e. The highest BCUT2D eigenvalue weighted by molar-refractivity contribution is 7.10. The molecule has 0 bridgehead atoms. The number of thiophene rings is 1. The highest BCUT2D eigenvalue weighted by Crippen LogP contribution is 2.22. The van der Waals surface area contributed by atoms with Gasteiger partial charge in [-0.05, 0) is 53.3 Å². The number of anilines is 1. The maximum absolute atomic E-state index is 13.1. The third-order valence-electron chi connectivity index (χ3n) is 7.51. The van der Waals surface area contributed by atoms with Crippen LogP contribution >= 0.6 is 11.3 Å². The highest BCUT2D eigenvalue weighted by atomic mass is 32.1. The second kappa shape index (κ2) is 16.2. The first-order chi connectivity index (χ1) is 22.5. The summed E-state index contributed by atoms with van der Waals surface area (Å²) in [5.41, 5.74) is 3.32. The Morgan fingerprint density at radius 2 is 1.48 bits per heavy atom. The molecule has 0 fully saturated rings. The van der Waals surface area contributed by atoms with E-state index in [1.54, 1.807) is 59.9 Å². The Kier molecular flexibility index (Phi) is 11.3. The summed E-state index contributed by atoms with van der Waals surface area (Å²) in [6.07, 6.45) is 1.26. The van der Waals surface area contributed by atoms with E-state index in [2.05, 4.69) is 5.32 Å². The molecule has 0 saturated heterocycles. The zero-order valence-corrected chi connectivity index (χ0v) is 26.2. The van der Waals surface area contributed by atoms with Crippen molar-refractivity contribution < 1.29 is 24.2 Å². The number of carbonyl (C=O) groups excluding carboxylic acids is 2. The second-order valence-electron chi connectivity index (χ2n) is 10.9. The smallest absolute Gasteiger partial charge is 0.326 e. The summed E-state index contributed by atoms with van der Waals surface area (Å²) >= 11 is 1.59. The molecule has 8 heteroatoms. The SMILES string of the molecule is O=C(c1ccccc1)c1ccccc1N[C@@H](Cc1ccc(OCCCN(Cc2ccccc2)C(=O)Cc2cccs2)cc1)C(=O)O. The number of carboxylic acids is 1. The third kappa shape index (κ3) is 9.15. The molecule has 1 atom stereocenters. The van der Waals surface area contributed by atoms with Crippen LogP contribution < -0.4 is 10.1 Å². The summed E-state index contributed by atoms with van der Waals surface area (Å²) in [4.78, 5) is 41.4. The van der Waals surface area contributed by atoms with Gasteiger partial charge in [0.1, 0.15) is 11.8 Å².